The average Bonchev–Trinajstić information content (AvgIpc) is 2.74. The first kappa shape index (κ1) is 22.3. The van der Waals surface area contributed by atoms with Gasteiger partial charge in [-0.25, -0.2) is 4.39 Å². The van der Waals surface area contributed by atoms with Crippen LogP contribution in [0.2, 0.25) is 0 Å². The van der Waals surface area contributed by atoms with E-state index in [1.54, 1.807) is 39.5 Å². The molecule has 158 valence electrons. The van der Waals surface area contributed by atoms with E-state index in [0.29, 0.717) is 49.0 Å². The summed E-state index contributed by atoms with van der Waals surface area (Å²) < 4.78 is 34.4. The van der Waals surface area contributed by atoms with Crippen molar-refractivity contribution in [2.75, 3.05) is 34.5 Å². The molecule has 0 saturated carbocycles. The third-order valence-corrected chi connectivity index (χ3v) is 4.38. The summed E-state index contributed by atoms with van der Waals surface area (Å²) in [5.41, 5.74) is 0.882. The minimum Gasteiger partial charge on any atom is -0.494 e. The van der Waals surface area contributed by atoms with Gasteiger partial charge in [0.05, 0.1) is 27.9 Å². The zero-order valence-electron chi connectivity index (χ0n) is 17.1. The topological polar surface area (TPSA) is 66.0 Å². The molecule has 0 fully saturated rings. The predicted molar refractivity (Wildman–Crippen MR) is 109 cm³/mol. The zero-order chi connectivity index (χ0) is 21.1. The molecule has 2 aromatic rings. The van der Waals surface area contributed by atoms with E-state index in [0.717, 1.165) is 18.4 Å². The van der Waals surface area contributed by atoms with Gasteiger partial charge in [-0.05, 0) is 55.2 Å². The molecule has 0 atom stereocenters. The standard InChI is InChI=1S/C22H28FNO5/c1-26-19-12-6-16(21(27-2)22(19)28-3)7-13-20(25)24-14-4-5-15-29-18-10-8-17(23)9-11-18/h6,8-12H,4-5,7,13-15H2,1-3H3,(H,24,25). The number of nitrogens with one attached hydrogen (secondary N) is 1. The Balaban J connectivity index is 1.69. The maximum absolute atomic E-state index is 12.8. The maximum Gasteiger partial charge on any atom is 0.220 e. The molecule has 0 unspecified atom stereocenters. The molecule has 0 aliphatic heterocycles. The molecular weight excluding hydrogens is 377 g/mol. The summed E-state index contributed by atoms with van der Waals surface area (Å²) in [6.07, 6.45) is 2.47. The highest BCUT2D eigenvalue weighted by Crippen LogP contribution is 2.40. The molecule has 0 bridgehead atoms. The van der Waals surface area contributed by atoms with E-state index in [1.165, 1.54) is 12.1 Å². The minimum atomic E-state index is -0.286. The lowest BCUT2D eigenvalue weighted by molar-refractivity contribution is -0.121. The molecule has 1 amide bonds. The number of hydrogen-bond donors (Lipinski definition) is 1. The average molecular weight is 405 g/mol. The number of methoxy groups -OCH3 is 3. The fourth-order valence-electron chi connectivity index (χ4n) is 2.87. The predicted octanol–water partition coefficient (Wildman–Crippen LogP) is 3.76. The molecule has 0 aliphatic rings. The van der Waals surface area contributed by atoms with Crippen molar-refractivity contribution in [3.8, 4) is 23.0 Å². The second kappa shape index (κ2) is 11.8. The molecule has 0 radical (unpaired) electrons. The fraction of sp³-hybridized carbons (Fsp3) is 0.409. The molecule has 29 heavy (non-hydrogen) atoms. The summed E-state index contributed by atoms with van der Waals surface area (Å²) in [6.45, 7) is 1.10. The van der Waals surface area contributed by atoms with Crippen LogP contribution in [-0.2, 0) is 11.2 Å². The van der Waals surface area contributed by atoms with Gasteiger partial charge in [-0.1, -0.05) is 6.07 Å². The van der Waals surface area contributed by atoms with Gasteiger partial charge in [-0.15, -0.1) is 0 Å². The highest BCUT2D eigenvalue weighted by atomic mass is 19.1. The van der Waals surface area contributed by atoms with E-state index in [4.69, 9.17) is 18.9 Å². The summed E-state index contributed by atoms with van der Waals surface area (Å²) in [5.74, 6) is 2.01. The Morgan fingerprint density at radius 3 is 2.31 bits per heavy atom. The van der Waals surface area contributed by atoms with Gasteiger partial charge in [0.25, 0.3) is 0 Å². The van der Waals surface area contributed by atoms with Crippen LogP contribution in [0, 0.1) is 5.82 Å². The van der Waals surface area contributed by atoms with Crippen molar-refractivity contribution in [3.05, 3.63) is 47.8 Å². The molecule has 0 saturated heterocycles. The summed E-state index contributed by atoms with van der Waals surface area (Å²) in [7, 11) is 4.68. The smallest absolute Gasteiger partial charge is 0.220 e. The number of carbonyl (C=O) groups is 1. The van der Waals surface area contributed by atoms with Gasteiger partial charge in [-0.3, -0.25) is 4.79 Å². The zero-order valence-corrected chi connectivity index (χ0v) is 17.1. The number of benzene rings is 2. The number of ether oxygens (including phenoxy) is 4. The molecule has 2 aromatic carbocycles. The first-order chi connectivity index (χ1) is 14.1. The maximum atomic E-state index is 12.8. The Morgan fingerprint density at radius 1 is 0.931 bits per heavy atom. The second-order valence-electron chi connectivity index (χ2n) is 6.35. The Labute approximate surface area is 170 Å². The minimum absolute atomic E-state index is 0.0266. The van der Waals surface area contributed by atoms with Crippen LogP contribution in [0.15, 0.2) is 36.4 Å². The van der Waals surface area contributed by atoms with Crippen molar-refractivity contribution in [1.29, 1.82) is 0 Å². The van der Waals surface area contributed by atoms with Gasteiger partial charge in [0.1, 0.15) is 11.6 Å². The lowest BCUT2D eigenvalue weighted by Crippen LogP contribution is -2.25. The van der Waals surface area contributed by atoms with Gasteiger partial charge in [0.15, 0.2) is 11.5 Å². The van der Waals surface area contributed by atoms with Crippen molar-refractivity contribution in [2.24, 2.45) is 0 Å². The van der Waals surface area contributed by atoms with Crippen LogP contribution >= 0.6 is 0 Å². The third kappa shape index (κ3) is 6.85. The van der Waals surface area contributed by atoms with E-state index in [9.17, 15) is 9.18 Å². The van der Waals surface area contributed by atoms with Crippen molar-refractivity contribution in [1.82, 2.24) is 5.32 Å². The van der Waals surface area contributed by atoms with E-state index >= 15 is 0 Å². The summed E-state index contributed by atoms with van der Waals surface area (Å²) in [6, 6.07) is 9.60. The number of aryl methyl sites for hydroxylation is 1. The first-order valence-corrected chi connectivity index (χ1v) is 9.52. The molecule has 0 spiro atoms. The monoisotopic (exact) mass is 405 g/mol. The van der Waals surface area contributed by atoms with Crippen LogP contribution in [0.4, 0.5) is 4.39 Å². The van der Waals surface area contributed by atoms with E-state index in [2.05, 4.69) is 5.32 Å². The third-order valence-electron chi connectivity index (χ3n) is 4.38. The van der Waals surface area contributed by atoms with Crippen molar-refractivity contribution in [3.63, 3.8) is 0 Å². The molecule has 2 rings (SSSR count). The molecule has 0 aliphatic carbocycles. The van der Waals surface area contributed by atoms with E-state index < -0.39 is 0 Å². The Kier molecular flexibility index (Phi) is 9.08. The Bertz CT molecular complexity index is 780. The van der Waals surface area contributed by atoms with Crippen molar-refractivity contribution in [2.45, 2.75) is 25.7 Å². The van der Waals surface area contributed by atoms with Crippen LogP contribution in [-0.4, -0.2) is 40.4 Å². The van der Waals surface area contributed by atoms with Crippen LogP contribution < -0.4 is 24.3 Å². The lowest BCUT2D eigenvalue weighted by Gasteiger charge is -2.15. The Morgan fingerprint density at radius 2 is 1.66 bits per heavy atom. The van der Waals surface area contributed by atoms with Crippen LogP contribution in [0.5, 0.6) is 23.0 Å². The van der Waals surface area contributed by atoms with Gasteiger partial charge in [0.2, 0.25) is 11.7 Å². The van der Waals surface area contributed by atoms with Crippen molar-refractivity contribution < 1.29 is 28.1 Å². The molecule has 1 N–H and O–H groups in total. The largest absolute Gasteiger partial charge is 0.494 e. The SMILES string of the molecule is COc1ccc(CCC(=O)NCCCCOc2ccc(F)cc2)c(OC)c1OC. The summed E-state index contributed by atoms with van der Waals surface area (Å²) >= 11 is 0. The molecule has 0 aromatic heterocycles. The van der Waals surface area contributed by atoms with Crippen LogP contribution in [0.3, 0.4) is 0 Å². The van der Waals surface area contributed by atoms with Crippen LogP contribution in [0.1, 0.15) is 24.8 Å². The first-order valence-electron chi connectivity index (χ1n) is 9.52. The van der Waals surface area contributed by atoms with Gasteiger partial charge < -0.3 is 24.3 Å². The number of rotatable bonds is 12. The molecular formula is C22H28FNO5. The summed E-state index contributed by atoms with van der Waals surface area (Å²) in [4.78, 5) is 12.1. The Hall–Kier alpha value is -2.96. The molecule has 6 nitrogen and oxygen atoms in total. The number of amides is 1. The number of carbonyl (C=O) groups excluding carboxylic acids is 1. The van der Waals surface area contributed by atoms with E-state index in [1.807, 2.05) is 6.07 Å². The lowest BCUT2D eigenvalue weighted by atomic mass is 10.1. The second-order valence-corrected chi connectivity index (χ2v) is 6.35. The number of halogens is 1. The van der Waals surface area contributed by atoms with Gasteiger partial charge in [0, 0.05) is 13.0 Å². The molecule has 7 heteroatoms. The van der Waals surface area contributed by atoms with E-state index in [-0.39, 0.29) is 11.7 Å². The van der Waals surface area contributed by atoms with Crippen LogP contribution in [0.25, 0.3) is 0 Å². The van der Waals surface area contributed by atoms with Crippen molar-refractivity contribution >= 4 is 5.91 Å². The number of unbranched alkanes of at least 4 members (excludes halogenated alkanes) is 1. The highest BCUT2D eigenvalue weighted by molar-refractivity contribution is 5.76. The summed E-state index contributed by atoms with van der Waals surface area (Å²) in [5, 5.41) is 2.91. The normalized spacial score (nSPS) is 10.3. The molecule has 0 heterocycles. The van der Waals surface area contributed by atoms with Gasteiger partial charge in [-0.2, -0.15) is 0 Å². The fourth-order valence-corrected chi connectivity index (χ4v) is 2.87. The highest BCUT2D eigenvalue weighted by Gasteiger charge is 2.16. The quantitative estimate of drug-likeness (QED) is 0.545. The van der Waals surface area contributed by atoms with Gasteiger partial charge >= 0.3 is 0 Å². The number of hydrogen-bond acceptors (Lipinski definition) is 5.